The number of furan rings is 1. The highest BCUT2D eigenvalue weighted by Gasteiger charge is 2.70. The van der Waals surface area contributed by atoms with Crippen LogP contribution < -0.4 is 4.57 Å². The van der Waals surface area contributed by atoms with E-state index in [1.807, 2.05) is 36.4 Å². The molecule has 9 heteroatoms. The van der Waals surface area contributed by atoms with Crippen LogP contribution in [0.25, 0.3) is 61.2 Å². The average molecular weight is 769 g/mol. The highest BCUT2D eigenvalue weighted by atomic mass is 19.4. The molecule has 0 aliphatic heterocycles. The summed E-state index contributed by atoms with van der Waals surface area (Å²) in [5.41, 5.74) is 7.51. The molecule has 2 aromatic heterocycles. The van der Waals surface area contributed by atoms with Gasteiger partial charge in [0, 0.05) is 23.3 Å². The van der Waals surface area contributed by atoms with Crippen LogP contribution in [-0.4, -0.2) is 16.9 Å². The van der Waals surface area contributed by atoms with Gasteiger partial charge in [-0.1, -0.05) is 94.4 Å². The molecule has 0 saturated heterocycles. The van der Waals surface area contributed by atoms with Crippen molar-refractivity contribution >= 4 is 33.0 Å². The lowest BCUT2D eigenvalue weighted by Gasteiger charge is -2.42. The molecule has 0 bridgehead atoms. The molecule has 56 heavy (non-hydrogen) atoms. The molecule has 0 radical (unpaired) electrons. The summed E-state index contributed by atoms with van der Waals surface area (Å²) in [6, 6.07) is 32.2. The summed E-state index contributed by atoms with van der Waals surface area (Å²) in [6.07, 6.45) is -14.3. The molecule has 5 aromatic carbocycles. The van der Waals surface area contributed by atoms with Gasteiger partial charge >= 0.3 is 12.4 Å². The van der Waals surface area contributed by atoms with Crippen LogP contribution in [0.15, 0.2) is 101 Å². The number of aromatic nitrogens is 2. The molecule has 8 rings (SSSR count). The van der Waals surface area contributed by atoms with E-state index in [-0.39, 0.29) is 11.8 Å². The van der Waals surface area contributed by atoms with E-state index in [0.29, 0.717) is 5.56 Å². The molecule has 0 amide bonds. The summed E-state index contributed by atoms with van der Waals surface area (Å²) in [7, 11) is 2.09. The van der Waals surface area contributed by atoms with Crippen molar-refractivity contribution in [3.05, 3.63) is 119 Å². The molecular weight excluding hydrogens is 723 g/mol. The minimum Gasteiger partial charge on any atom is -0.455 e. The Balaban J connectivity index is 1.27. The average Bonchev–Trinajstić information content (AvgIpc) is 3.68. The second-order valence-electron chi connectivity index (χ2n) is 16.0. The number of imidazole rings is 1. The monoisotopic (exact) mass is 768 g/mol. The van der Waals surface area contributed by atoms with Gasteiger partial charge in [-0.15, -0.1) is 0 Å². The maximum Gasteiger partial charge on any atom is 0.403 e. The number of para-hydroxylation sites is 3. The van der Waals surface area contributed by atoms with Gasteiger partial charge in [0.1, 0.15) is 16.8 Å². The molecule has 1 aliphatic rings. The third-order valence-electron chi connectivity index (χ3n) is 12.0. The van der Waals surface area contributed by atoms with Gasteiger partial charge in [-0.25, -0.2) is 4.57 Å². The Hall–Kier alpha value is -5.05. The van der Waals surface area contributed by atoms with Crippen molar-refractivity contribution in [3.63, 3.8) is 0 Å². The third-order valence-corrected chi connectivity index (χ3v) is 12.0. The topological polar surface area (TPSA) is 21.9 Å². The first-order valence-electron chi connectivity index (χ1n) is 19.7. The predicted octanol–water partition coefficient (Wildman–Crippen LogP) is 14.0. The zero-order valence-electron chi connectivity index (χ0n) is 33.3. The SMILES string of the molecule is [2H]C1(c2ccc(-c3cc(C(C)C)c(-n4c(-c5c(C)ccc6c5oc5ccccc56)[n+](C)c5ccccc54)c(C(C)C)c3)cc2)CCC(C(F)(F)F)(C(F)(F)F)CC1. The number of rotatable bonds is 6. The minimum atomic E-state index is -5.43. The van der Waals surface area contributed by atoms with Gasteiger partial charge in [-0.2, -0.15) is 30.9 Å². The van der Waals surface area contributed by atoms with Crippen LogP contribution in [0.1, 0.15) is 94.7 Å². The molecule has 1 aliphatic carbocycles. The van der Waals surface area contributed by atoms with Gasteiger partial charge < -0.3 is 4.42 Å². The van der Waals surface area contributed by atoms with Crippen LogP contribution >= 0.6 is 0 Å². The molecule has 1 saturated carbocycles. The van der Waals surface area contributed by atoms with Crippen molar-refractivity contribution in [2.24, 2.45) is 12.5 Å². The molecule has 0 spiro atoms. The largest absolute Gasteiger partial charge is 0.455 e. The fraction of sp³-hybridized carbons (Fsp3) is 0.340. The van der Waals surface area contributed by atoms with Crippen molar-refractivity contribution in [3.8, 4) is 28.2 Å². The summed E-state index contributed by atoms with van der Waals surface area (Å²) in [4.78, 5) is 0. The molecule has 3 nitrogen and oxygen atoms in total. The fourth-order valence-electron chi connectivity index (χ4n) is 8.86. The number of halogens is 6. The lowest BCUT2D eigenvalue weighted by molar-refractivity contribution is -0.633. The van der Waals surface area contributed by atoms with Crippen LogP contribution in [0.5, 0.6) is 0 Å². The lowest BCUT2D eigenvalue weighted by Crippen LogP contribution is -2.51. The number of alkyl halides is 6. The Morgan fingerprint density at radius 2 is 1.34 bits per heavy atom. The fourth-order valence-corrected chi connectivity index (χ4v) is 8.86. The van der Waals surface area contributed by atoms with E-state index in [0.717, 1.165) is 77.9 Å². The second kappa shape index (κ2) is 13.6. The Labute approximate surface area is 324 Å². The Morgan fingerprint density at radius 3 is 1.95 bits per heavy atom. The van der Waals surface area contributed by atoms with Crippen LogP contribution in [0.4, 0.5) is 26.3 Å². The summed E-state index contributed by atoms with van der Waals surface area (Å²) in [5, 5.41) is 2.09. The van der Waals surface area contributed by atoms with Gasteiger partial charge in [0.2, 0.25) is 0 Å². The molecule has 0 unspecified atom stereocenters. The van der Waals surface area contributed by atoms with E-state index in [2.05, 4.69) is 99.3 Å². The number of hydrogen-bond donors (Lipinski definition) is 0. The Bertz CT molecular complexity index is 2610. The van der Waals surface area contributed by atoms with Gasteiger partial charge in [-0.05, 0) is 103 Å². The van der Waals surface area contributed by atoms with E-state index in [1.165, 1.54) is 0 Å². The summed E-state index contributed by atoms with van der Waals surface area (Å²) < 4.78 is 103. The molecule has 290 valence electrons. The smallest absolute Gasteiger partial charge is 0.403 e. The maximum absolute atomic E-state index is 13.8. The van der Waals surface area contributed by atoms with Gasteiger partial charge in [0.05, 0.1) is 7.05 Å². The van der Waals surface area contributed by atoms with Gasteiger partial charge in [0.25, 0.3) is 5.82 Å². The second-order valence-corrected chi connectivity index (χ2v) is 16.0. The predicted molar refractivity (Wildman–Crippen MR) is 211 cm³/mol. The number of aryl methyl sites for hydroxylation is 2. The zero-order valence-corrected chi connectivity index (χ0v) is 32.3. The van der Waals surface area contributed by atoms with Crippen LogP contribution in [0.2, 0.25) is 0 Å². The van der Waals surface area contributed by atoms with Crippen molar-refractivity contribution in [2.45, 2.75) is 90.4 Å². The number of hydrogen-bond acceptors (Lipinski definition) is 1. The highest BCUT2D eigenvalue weighted by Crippen LogP contribution is 2.60. The first-order chi connectivity index (χ1) is 26.9. The van der Waals surface area contributed by atoms with E-state index in [4.69, 9.17) is 5.79 Å². The Morgan fingerprint density at radius 1 is 0.750 bits per heavy atom. The summed E-state index contributed by atoms with van der Waals surface area (Å²) in [6.45, 7) is 10.8. The Kier molecular flexibility index (Phi) is 8.86. The number of fused-ring (bicyclic) bond motifs is 4. The highest BCUT2D eigenvalue weighted by molar-refractivity contribution is 6.09. The van der Waals surface area contributed by atoms with Crippen LogP contribution in [0.3, 0.4) is 0 Å². The molecule has 0 atom stereocenters. The molecule has 0 N–H and O–H groups in total. The van der Waals surface area contributed by atoms with Gasteiger partial charge in [0.15, 0.2) is 22.0 Å². The quantitative estimate of drug-likeness (QED) is 0.122. The molecule has 2 heterocycles. The molecular formula is C47H45F6N2O+. The minimum absolute atomic E-state index is 0.0837. The lowest BCUT2D eigenvalue weighted by atomic mass is 9.68. The van der Waals surface area contributed by atoms with Crippen molar-refractivity contribution in [1.29, 1.82) is 0 Å². The van der Waals surface area contributed by atoms with E-state index in [1.54, 1.807) is 12.1 Å². The summed E-state index contributed by atoms with van der Waals surface area (Å²) in [5.74, 6) is -0.412. The summed E-state index contributed by atoms with van der Waals surface area (Å²) >= 11 is 0. The van der Waals surface area contributed by atoms with E-state index < -0.39 is 49.3 Å². The zero-order chi connectivity index (χ0) is 40.8. The maximum atomic E-state index is 13.8. The van der Waals surface area contributed by atoms with Crippen LogP contribution in [-0.2, 0) is 7.05 Å². The molecule has 1 fully saturated rings. The van der Waals surface area contributed by atoms with E-state index >= 15 is 0 Å². The van der Waals surface area contributed by atoms with Crippen molar-refractivity contribution in [2.75, 3.05) is 0 Å². The first kappa shape index (κ1) is 36.6. The first-order valence-corrected chi connectivity index (χ1v) is 19.2. The van der Waals surface area contributed by atoms with Crippen LogP contribution in [0, 0.1) is 12.3 Å². The van der Waals surface area contributed by atoms with Crippen molar-refractivity contribution in [1.82, 2.24) is 4.57 Å². The van der Waals surface area contributed by atoms with Crippen molar-refractivity contribution < 1.29 is 36.7 Å². The van der Waals surface area contributed by atoms with Gasteiger partial charge in [-0.3, -0.25) is 0 Å². The standard InChI is InChI=1S/C47H45F6N2O/c1-27(2)36-25-33(31-18-16-30(17-19-31)32-21-23-45(24-22-32,46(48,49)50)47(51,52)53)26-37(28(3)4)42(36)55-39-13-9-8-12-38(39)54(6)44(55)41-29(5)15-20-35-34-11-7-10-14-40(34)56-43(35)41/h7-20,25-28,32H,21-24H2,1-6H3/q+1/i32D. The molecule has 7 aromatic rings. The normalized spacial score (nSPS) is 16.4. The number of nitrogens with zero attached hydrogens (tertiary/aromatic N) is 2. The third kappa shape index (κ3) is 5.91. The number of benzene rings is 5. The van der Waals surface area contributed by atoms with E-state index in [9.17, 15) is 26.3 Å².